The summed E-state index contributed by atoms with van der Waals surface area (Å²) < 4.78 is 23.6. The van der Waals surface area contributed by atoms with E-state index in [4.69, 9.17) is 18.9 Å². The molecule has 0 radical (unpaired) electrons. The highest BCUT2D eigenvalue weighted by atomic mass is 79.9. The van der Waals surface area contributed by atoms with Crippen LogP contribution >= 0.6 is 15.9 Å². The van der Waals surface area contributed by atoms with Gasteiger partial charge in [-0.05, 0) is 71.6 Å². The number of ether oxygens (including phenoxy) is 4. The minimum atomic E-state index is -0.848. The third kappa shape index (κ3) is 8.48. The van der Waals surface area contributed by atoms with Gasteiger partial charge in [-0.1, -0.05) is 46.0 Å². The number of nitrogens with zero attached hydrogens (tertiary/aromatic N) is 1. The van der Waals surface area contributed by atoms with Crippen LogP contribution < -0.4 is 29.2 Å². The Morgan fingerprint density at radius 3 is 2.29 bits per heavy atom. The van der Waals surface area contributed by atoms with Crippen molar-refractivity contribution in [2.75, 3.05) is 31.8 Å². The van der Waals surface area contributed by atoms with Crippen molar-refractivity contribution in [3.8, 4) is 23.0 Å². The molecule has 0 atom stereocenters. The molecule has 2 aromatic rings. The van der Waals surface area contributed by atoms with Crippen molar-refractivity contribution >= 4 is 45.5 Å². The number of rotatable bonds is 16. The molecule has 0 bridgehead atoms. The Balaban J connectivity index is 1.83. The maximum atomic E-state index is 13.5. The fourth-order valence-corrected chi connectivity index (χ4v) is 4.89. The zero-order valence-electron chi connectivity index (χ0n) is 24.2. The second kappa shape index (κ2) is 16.0. The molecule has 0 unspecified atom stereocenters. The normalized spacial score (nSPS) is 14.3. The summed E-state index contributed by atoms with van der Waals surface area (Å²) in [5.74, 6) is 0.354. The number of barbiturate groups is 1. The highest BCUT2D eigenvalue weighted by Crippen LogP contribution is 2.38. The number of benzene rings is 2. The SMILES string of the molecule is CCCCCCCCOc1c(Br)cc(/C=C2\C(=O)NC(=O)N(c3ccc(OCCC)c(OCC)c3)C2=O)cc1OC. The molecule has 0 aliphatic carbocycles. The number of hydrogen-bond donors (Lipinski definition) is 1. The van der Waals surface area contributed by atoms with E-state index in [0.29, 0.717) is 52.9 Å². The summed E-state index contributed by atoms with van der Waals surface area (Å²) in [5, 5.41) is 2.26. The van der Waals surface area contributed by atoms with Crippen LogP contribution in [0.1, 0.15) is 71.3 Å². The van der Waals surface area contributed by atoms with Gasteiger partial charge >= 0.3 is 6.03 Å². The molecule has 1 heterocycles. The van der Waals surface area contributed by atoms with Gasteiger partial charge in [-0.2, -0.15) is 0 Å². The molecule has 222 valence electrons. The predicted molar refractivity (Wildman–Crippen MR) is 162 cm³/mol. The lowest BCUT2D eigenvalue weighted by Crippen LogP contribution is -2.54. The van der Waals surface area contributed by atoms with Crippen molar-refractivity contribution in [2.45, 2.75) is 65.7 Å². The Labute approximate surface area is 250 Å². The first-order valence-corrected chi connectivity index (χ1v) is 14.9. The van der Waals surface area contributed by atoms with Gasteiger partial charge in [0.15, 0.2) is 23.0 Å². The lowest BCUT2D eigenvalue weighted by Gasteiger charge is -2.27. The van der Waals surface area contributed by atoms with E-state index in [1.54, 1.807) is 30.3 Å². The number of hydrogen-bond acceptors (Lipinski definition) is 7. The zero-order valence-corrected chi connectivity index (χ0v) is 25.8. The largest absolute Gasteiger partial charge is 0.493 e. The van der Waals surface area contributed by atoms with E-state index in [1.807, 2.05) is 13.8 Å². The van der Waals surface area contributed by atoms with Crippen molar-refractivity contribution < 1.29 is 33.3 Å². The van der Waals surface area contributed by atoms with Crippen molar-refractivity contribution in [3.63, 3.8) is 0 Å². The van der Waals surface area contributed by atoms with Crippen LogP contribution in [0.15, 0.2) is 40.4 Å². The fourth-order valence-electron chi connectivity index (χ4n) is 4.31. The maximum absolute atomic E-state index is 13.5. The number of amides is 4. The van der Waals surface area contributed by atoms with Crippen molar-refractivity contribution in [2.24, 2.45) is 0 Å². The molecule has 10 heteroatoms. The van der Waals surface area contributed by atoms with Gasteiger partial charge in [-0.15, -0.1) is 0 Å². The Bertz CT molecular complexity index is 1260. The lowest BCUT2D eigenvalue weighted by molar-refractivity contribution is -0.122. The Morgan fingerprint density at radius 1 is 0.829 bits per heavy atom. The summed E-state index contributed by atoms with van der Waals surface area (Å²) >= 11 is 3.53. The standard InChI is InChI=1S/C31H39BrN2O7/c1-5-8-9-10-11-12-16-41-28-24(32)18-21(19-27(28)38-4)17-23-29(35)33-31(37)34(30(23)36)22-13-14-25(40-15-6-2)26(20-22)39-7-3/h13-14,17-20H,5-12,15-16H2,1-4H3,(H,33,35,37)/b23-17+. The van der Waals surface area contributed by atoms with Gasteiger partial charge in [0.2, 0.25) is 0 Å². The van der Waals surface area contributed by atoms with Gasteiger partial charge < -0.3 is 18.9 Å². The van der Waals surface area contributed by atoms with Crippen LogP contribution in [0.2, 0.25) is 0 Å². The molecular weight excluding hydrogens is 592 g/mol. The van der Waals surface area contributed by atoms with Crippen LogP contribution in [0, 0.1) is 0 Å². The lowest BCUT2D eigenvalue weighted by atomic mass is 10.1. The topological polar surface area (TPSA) is 103 Å². The number of unbranched alkanes of at least 4 members (excludes halogenated alkanes) is 5. The predicted octanol–water partition coefficient (Wildman–Crippen LogP) is 7.05. The number of imide groups is 2. The third-order valence-corrected chi connectivity index (χ3v) is 6.94. The van der Waals surface area contributed by atoms with Crippen LogP contribution in [0.25, 0.3) is 6.08 Å². The minimum Gasteiger partial charge on any atom is -0.493 e. The van der Waals surface area contributed by atoms with Crippen molar-refractivity contribution in [1.82, 2.24) is 5.32 Å². The molecule has 0 spiro atoms. The highest BCUT2D eigenvalue weighted by Gasteiger charge is 2.37. The number of methoxy groups -OCH3 is 1. The molecular formula is C31H39BrN2O7. The summed E-state index contributed by atoms with van der Waals surface area (Å²) in [6.07, 6.45) is 9.13. The van der Waals surface area contributed by atoms with E-state index >= 15 is 0 Å². The van der Waals surface area contributed by atoms with Crippen LogP contribution in [0.4, 0.5) is 10.5 Å². The van der Waals surface area contributed by atoms with Crippen LogP contribution in [-0.4, -0.2) is 44.8 Å². The number of carbonyl (C=O) groups excluding carboxylic acids is 3. The maximum Gasteiger partial charge on any atom is 0.335 e. The molecule has 4 amide bonds. The summed E-state index contributed by atoms with van der Waals surface area (Å²) in [6.45, 7) is 7.41. The summed E-state index contributed by atoms with van der Waals surface area (Å²) in [6, 6.07) is 7.34. The van der Waals surface area contributed by atoms with E-state index in [2.05, 4.69) is 28.2 Å². The molecule has 1 aliphatic heterocycles. The molecule has 1 fully saturated rings. The van der Waals surface area contributed by atoms with Gasteiger partial charge in [0.25, 0.3) is 11.8 Å². The second-order valence-electron chi connectivity index (χ2n) is 9.52. The number of halogens is 1. The molecule has 9 nitrogen and oxygen atoms in total. The highest BCUT2D eigenvalue weighted by molar-refractivity contribution is 9.10. The quantitative estimate of drug-likeness (QED) is 0.120. The Kier molecular flexibility index (Phi) is 12.5. The first kappa shape index (κ1) is 32.0. The smallest absolute Gasteiger partial charge is 0.335 e. The average molecular weight is 632 g/mol. The zero-order chi connectivity index (χ0) is 29.8. The van der Waals surface area contributed by atoms with Crippen LogP contribution in [-0.2, 0) is 9.59 Å². The molecule has 1 N–H and O–H groups in total. The van der Waals surface area contributed by atoms with E-state index in [1.165, 1.54) is 38.9 Å². The molecule has 1 saturated heterocycles. The van der Waals surface area contributed by atoms with E-state index in [0.717, 1.165) is 24.2 Å². The number of carbonyl (C=O) groups is 3. The molecule has 1 aliphatic rings. The summed E-state index contributed by atoms with van der Waals surface area (Å²) in [4.78, 5) is 39.9. The first-order valence-electron chi connectivity index (χ1n) is 14.2. The second-order valence-corrected chi connectivity index (χ2v) is 10.4. The molecule has 2 aromatic carbocycles. The third-order valence-electron chi connectivity index (χ3n) is 6.36. The van der Waals surface area contributed by atoms with E-state index < -0.39 is 17.8 Å². The van der Waals surface area contributed by atoms with Crippen LogP contribution in [0.3, 0.4) is 0 Å². The van der Waals surface area contributed by atoms with Crippen molar-refractivity contribution in [1.29, 1.82) is 0 Å². The Hall–Kier alpha value is -3.53. The molecule has 3 rings (SSSR count). The van der Waals surface area contributed by atoms with Gasteiger partial charge in [0.1, 0.15) is 5.57 Å². The van der Waals surface area contributed by atoms with Gasteiger partial charge in [0.05, 0.1) is 37.1 Å². The number of nitrogens with one attached hydrogen (secondary N) is 1. The van der Waals surface area contributed by atoms with Gasteiger partial charge in [-0.25, -0.2) is 9.69 Å². The van der Waals surface area contributed by atoms with Gasteiger partial charge in [0, 0.05) is 6.07 Å². The first-order chi connectivity index (χ1) is 19.8. The molecule has 0 aromatic heterocycles. The van der Waals surface area contributed by atoms with Crippen LogP contribution in [0.5, 0.6) is 23.0 Å². The summed E-state index contributed by atoms with van der Waals surface area (Å²) in [5.41, 5.74) is 0.561. The average Bonchev–Trinajstić information content (AvgIpc) is 2.95. The van der Waals surface area contributed by atoms with E-state index in [-0.39, 0.29) is 11.3 Å². The fraction of sp³-hybridized carbons (Fsp3) is 0.452. The Morgan fingerprint density at radius 2 is 1.59 bits per heavy atom. The van der Waals surface area contributed by atoms with Gasteiger partial charge in [-0.3, -0.25) is 14.9 Å². The summed E-state index contributed by atoms with van der Waals surface area (Å²) in [7, 11) is 1.53. The number of anilines is 1. The molecule has 41 heavy (non-hydrogen) atoms. The minimum absolute atomic E-state index is 0.205. The monoisotopic (exact) mass is 630 g/mol. The number of urea groups is 1. The van der Waals surface area contributed by atoms with Crippen molar-refractivity contribution in [3.05, 3.63) is 45.9 Å². The molecule has 0 saturated carbocycles. The van der Waals surface area contributed by atoms with E-state index in [9.17, 15) is 14.4 Å².